The summed E-state index contributed by atoms with van der Waals surface area (Å²) in [7, 11) is 3.40. The minimum absolute atomic E-state index is 0.0695. The molecule has 0 bridgehead atoms. The number of aryl methyl sites for hydroxylation is 1. The molecule has 0 fully saturated rings. The Hall–Kier alpha value is -2.33. The third-order valence-electron chi connectivity index (χ3n) is 3.98. The van der Waals surface area contributed by atoms with Crippen molar-refractivity contribution in [3.05, 3.63) is 11.8 Å². The average molecular weight is 442 g/mol. The Kier molecular flexibility index (Phi) is 10.3. The molecule has 10 nitrogen and oxygen atoms in total. The molecule has 0 aliphatic rings. The second kappa shape index (κ2) is 11.9. The molecule has 1 aromatic rings. The third-order valence-corrected chi connectivity index (χ3v) is 3.98. The van der Waals surface area contributed by atoms with Crippen molar-refractivity contribution in [1.82, 2.24) is 20.4 Å². The van der Waals surface area contributed by atoms with Crippen molar-refractivity contribution in [2.75, 3.05) is 25.6 Å². The van der Waals surface area contributed by atoms with Crippen molar-refractivity contribution in [2.24, 2.45) is 7.05 Å². The molecule has 0 aliphatic heterocycles. The number of amides is 2. The standard InChI is InChI=1S/C21H39N5O5/c1-20(2,3)30-18(27)22-11-9-10-16(14-29-8)23-12-15-13-24-26(7)17(15)25-19(28)31-21(4,5)6/h13,16,23H,9-12,14H2,1-8H3,(H,22,27)(H,25,28). The molecule has 0 spiro atoms. The van der Waals surface area contributed by atoms with E-state index in [1.54, 1.807) is 25.0 Å². The molecule has 0 aliphatic carbocycles. The van der Waals surface area contributed by atoms with Gasteiger partial charge in [-0.1, -0.05) is 0 Å². The summed E-state index contributed by atoms with van der Waals surface area (Å²) in [6, 6.07) is 0.0695. The van der Waals surface area contributed by atoms with Crippen LogP contribution in [0.3, 0.4) is 0 Å². The van der Waals surface area contributed by atoms with E-state index in [0.717, 1.165) is 18.4 Å². The summed E-state index contributed by atoms with van der Waals surface area (Å²) in [4.78, 5) is 23.9. The van der Waals surface area contributed by atoms with Gasteiger partial charge in [-0.2, -0.15) is 5.10 Å². The van der Waals surface area contributed by atoms with Gasteiger partial charge in [0.1, 0.15) is 17.0 Å². The van der Waals surface area contributed by atoms with Gasteiger partial charge in [-0.15, -0.1) is 0 Å². The fraction of sp³-hybridized carbons (Fsp3) is 0.762. The lowest BCUT2D eigenvalue weighted by molar-refractivity contribution is 0.0524. The molecule has 178 valence electrons. The van der Waals surface area contributed by atoms with Crippen molar-refractivity contribution in [1.29, 1.82) is 0 Å². The molecular weight excluding hydrogens is 402 g/mol. The monoisotopic (exact) mass is 441 g/mol. The summed E-state index contributed by atoms with van der Waals surface area (Å²) in [5.41, 5.74) is -0.266. The lowest BCUT2D eigenvalue weighted by Gasteiger charge is -2.21. The van der Waals surface area contributed by atoms with E-state index in [0.29, 0.717) is 25.5 Å². The maximum absolute atomic E-state index is 12.1. The second-order valence-electron chi connectivity index (χ2n) is 9.37. The van der Waals surface area contributed by atoms with Crippen LogP contribution in [0.25, 0.3) is 0 Å². The van der Waals surface area contributed by atoms with Crippen LogP contribution in [0.15, 0.2) is 6.20 Å². The first-order chi connectivity index (χ1) is 14.3. The fourth-order valence-electron chi connectivity index (χ4n) is 2.73. The normalized spacial score (nSPS) is 12.9. The Morgan fingerprint density at radius 3 is 2.29 bits per heavy atom. The molecule has 10 heteroatoms. The van der Waals surface area contributed by atoms with Gasteiger partial charge in [0.25, 0.3) is 0 Å². The van der Waals surface area contributed by atoms with Crippen molar-refractivity contribution in [3.63, 3.8) is 0 Å². The zero-order valence-electron chi connectivity index (χ0n) is 20.1. The molecule has 1 aromatic heterocycles. The molecule has 1 heterocycles. The Morgan fingerprint density at radius 2 is 1.71 bits per heavy atom. The Bertz CT molecular complexity index is 706. The zero-order valence-corrected chi connectivity index (χ0v) is 20.1. The number of alkyl carbamates (subject to hydrolysis) is 1. The molecule has 1 unspecified atom stereocenters. The van der Waals surface area contributed by atoms with Crippen LogP contribution in [0.2, 0.25) is 0 Å². The smallest absolute Gasteiger partial charge is 0.413 e. The topological polar surface area (TPSA) is 116 Å². The van der Waals surface area contributed by atoms with Crippen molar-refractivity contribution in [3.8, 4) is 0 Å². The highest BCUT2D eigenvalue weighted by atomic mass is 16.6. The minimum atomic E-state index is -0.585. The van der Waals surface area contributed by atoms with E-state index >= 15 is 0 Å². The molecule has 0 saturated carbocycles. The Morgan fingerprint density at radius 1 is 1.10 bits per heavy atom. The highest BCUT2D eigenvalue weighted by Crippen LogP contribution is 2.16. The molecule has 31 heavy (non-hydrogen) atoms. The summed E-state index contributed by atoms with van der Waals surface area (Å²) in [5.74, 6) is 0.574. The van der Waals surface area contributed by atoms with Gasteiger partial charge in [0.15, 0.2) is 0 Å². The van der Waals surface area contributed by atoms with Gasteiger partial charge in [-0.3, -0.25) is 10.00 Å². The Balaban J connectivity index is 2.54. The van der Waals surface area contributed by atoms with Crippen LogP contribution in [-0.4, -0.2) is 59.5 Å². The van der Waals surface area contributed by atoms with Crippen LogP contribution >= 0.6 is 0 Å². The number of nitrogens with zero attached hydrogens (tertiary/aromatic N) is 2. The largest absolute Gasteiger partial charge is 0.444 e. The number of ether oxygens (including phenoxy) is 3. The van der Waals surface area contributed by atoms with Crippen LogP contribution in [0, 0.1) is 0 Å². The van der Waals surface area contributed by atoms with Crippen LogP contribution in [-0.2, 0) is 27.8 Å². The summed E-state index contributed by atoms with van der Waals surface area (Å²) >= 11 is 0. The second-order valence-corrected chi connectivity index (χ2v) is 9.37. The summed E-state index contributed by atoms with van der Waals surface area (Å²) < 4.78 is 17.5. The van der Waals surface area contributed by atoms with E-state index in [-0.39, 0.29) is 6.04 Å². The molecule has 3 N–H and O–H groups in total. The quantitative estimate of drug-likeness (QED) is 0.478. The first-order valence-electron chi connectivity index (χ1n) is 10.5. The van der Waals surface area contributed by atoms with E-state index in [9.17, 15) is 9.59 Å². The molecule has 1 rings (SSSR count). The van der Waals surface area contributed by atoms with E-state index in [1.807, 2.05) is 41.5 Å². The molecule has 2 amide bonds. The third kappa shape index (κ3) is 11.6. The molecule has 0 saturated heterocycles. The van der Waals surface area contributed by atoms with E-state index < -0.39 is 23.4 Å². The maximum atomic E-state index is 12.1. The van der Waals surface area contributed by atoms with Gasteiger partial charge in [-0.25, -0.2) is 9.59 Å². The predicted octanol–water partition coefficient (Wildman–Crippen LogP) is 3.18. The first kappa shape index (κ1) is 26.7. The highest BCUT2D eigenvalue weighted by molar-refractivity contribution is 5.84. The molecule has 0 radical (unpaired) electrons. The summed E-state index contributed by atoms with van der Waals surface area (Å²) in [6.07, 6.45) is 2.30. The van der Waals surface area contributed by atoms with Crippen molar-refractivity contribution in [2.45, 2.75) is 78.2 Å². The van der Waals surface area contributed by atoms with Crippen molar-refractivity contribution < 1.29 is 23.8 Å². The maximum Gasteiger partial charge on any atom is 0.413 e. The van der Waals surface area contributed by atoms with E-state index in [1.165, 1.54) is 0 Å². The van der Waals surface area contributed by atoms with Crippen LogP contribution in [0.5, 0.6) is 0 Å². The number of carbonyl (C=O) groups excluding carboxylic acids is 2. The number of anilines is 1. The van der Waals surface area contributed by atoms with E-state index in [4.69, 9.17) is 14.2 Å². The number of hydrogen-bond acceptors (Lipinski definition) is 7. The van der Waals surface area contributed by atoms with Crippen LogP contribution < -0.4 is 16.0 Å². The van der Waals surface area contributed by atoms with Gasteiger partial charge in [0.05, 0.1) is 12.8 Å². The number of aromatic nitrogens is 2. The molecule has 1 atom stereocenters. The van der Waals surface area contributed by atoms with Crippen LogP contribution in [0.4, 0.5) is 15.4 Å². The number of rotatable bonds is 10. The number of methoxy groups -OCH3 is 1. The van der Waals surface area contributed by atoms with Gasteiger partial charge in [0, 0.05) is 38.9 Å². The minimum Gasteiger partial charge on any atom is -0.444 e. The number of nitrogens with one attached hydrogen (secondary N) is 3. The molecular formula is C21H39N5O5. The summed E-state index contributed by atoms with van der Waals surface area (Å²) in [5, 5.41) is 13.2. The SMILES string of the molecule is COCC(CCCNC(=O)OC(C)(C)C)NCc1cnn(C)c1NC(=O)OC(C)(C)C. The number of carbonyl (C=O) groups is 2. The number of hydrogen-bond donors (Lipinski definition) is 3. The lowest BCUT2D eigenvalue weighted by atomic mass is 10.1. The zero-order chi connectivity index (χ0) is 23.7. The summed E-state index contributed by atoms with van der Waals surface area (Å²) in [6.45, 7) is 12.4. The van der Waals surface area contributed by atoms with Gasteiger partial charge in [-0.05, 0) is 54.4 Å². The molecule has 0 aromatic carbocycles. The Labute approximate surface area is 185 Å². The lowest BCUT2D eigenvalue weighted by Crippen LogP contribution is -2.36. The first-order valence-corrected chi connectivity index (χ1v) is 10.5. The van der Waals surface area contributed by atoms with Gasteiger partial charge < -0.3 is 24.8 Å². The van der Waals surface area contributed by atoms with Crippen LogP contribution in [0.1, 0.15) is 59.9 Å². The van der Waals surface area contributed by atoms with E-state index in [2.05, 4.69) is 21.0 Å². The predicted molar refractivity (Wildman–Crippen MR) is 119 cm³/mol. The van der Waals surface area contributed by atoms with Gasteiger partial charge >= 0.3 is 12.2 Å². The fourth-order valence-corrected chi connectivity index (χ4v) is 2.73. The van der Waals surface area contributed by atoms with Crippen molar-refractivity contribution >= 4 is 18.0 Å². The average Bonchev–Trinajstić information content (AvgIpc) is 2.93. The highest BCUT2D eigenvalue weighted by Gasteiger charge is 2.20. The van der Waals surface area contributed by atoms with Gasteiger partial charge in [0.2, 0.25) is 0 Å².